The van der Waals surface area contributed by atoms with Crippen LogP contribution in [-0.2, 0) is 32.0 Å². The van der Waals surface area contributed by atoms with Crippen molar-refractivity contribution in [1.29, 1.82) is 0 Å². The van der Waals surface area contributed by atoms with Crippen LogP contribution in [-0.4, -0.2) is 73.6 Å². The van der Waals surface area contributed by atoms with E-state index in [4.69, 9.17) is 9.47 Å². The Hall–Kier alpha value is -3.43. The molecule has 9 heteroatoms. The van der Waals surface area contributed by atoms with E-state index in [9.17, 15) is 14.4 Å². The molecule has 0 unspecified atom stereocenters. The Kier molecular flexibility index (Phi) is 9.67. The second-order valence-corrected chi connectivity index (χ2v) is 11.0. The Morgan fingerprint density at radius 2 is 1.62 bits per heavy atom. The van der Waals surface area contributed by atoms with Crippen LogP contribution in [0.15, 0.2) is 48.5 Å². The van der Waals surface area contributed by atoms with Gasteiger partial charge in [0.1, 0.15) is 23.6 Å². The number of hydrogen-bond acceptors (Lipinski definition) is 6. The second kappa shape index (κ2) is 13.8. The maximum absolute atomic E-state index is 13.7. The first-order valence-corrected chi connectivity index (χ1v) is 14.6. The van der Waals surface area contributed by atoms with Crippen molar-refractivity contribution in [3.05, 3.63) is 59.7 Å². The summed E-state index contributed by atoms with van der Waals surface area (Å²) in [6, 6.07) is 13.9. The fourth-order valence-corrected chi connectivity index (χ4v) is 5.66. The van der Waals surface area contributed by atoms with Crippen molar-refractivity contribution in [2.75, 3.05) is 32.8 Å². The summed E-state index contributed by atoms with van der Waals surface area (Å²) in [4.78, 5) is 42.4. The van der Waals surface area contributed by atoms with Crippen molar-refractivity contribution in [2.45, 2.75) is 69.5 Å². The first-order valence-electron chi connectivity index (χ1n) is 14.6. The van der Waals surface area contributed by atoms with Crippen molar-refractivity contribution in [3.8, 4) is 11.5 Å². The lowest BCUT2D eigenvalue weighted by molar-refractivity contribution is -0.132. The van der Waals surface area contributed by atoms with Crippen molar-refractivity contribution < 1.29 is 23.9 Å². The standard InChI is InChI=1S/C31H40N4O5/c36-29-12-11-22-5-3-9-25(19-22)40-26-10-4-6-23(20-26)21-28(31(38)32-24-7-1-2-8-24)34-30(37)27(33-29)13-14-35-15-17-39-18-16-35/h3-6,9-10,19-20,24,27-28H,1-2,7-8,11-18,21H2,(H,32,38)(H,33,36)(H,34,37)/t27-,28-/m0/s1. The van der Waals surface area contributed by atoms with E-state index in [1.165, 1.54) is 0 Å². The third kappa shape index (κ3) is 8.05. The van der Waals surface area contributed by atoms with Gasteiger partial charge in [0.05, 0.1) is 13.2 Å². The molecular formula is C31H40N4O5. The molecule has 40 heavy (non-hydrogen) atoms. The number of carbonyl (C=O) groups is 3. The van der Waals surface area contributed by atoms with Crippen molar-refractivity contribution in [2.24, 2.45) is 0 Å². The molecule has 0 aromatic heterocycles. The van der Waals surface area contributed by atoms with Crippen LogP contribution in [0.4, 0.5) is 0 Å². The van der Waals surface area contributed by atoms with Gasteiger partial charge in [0.25, 0.3) is 0 Å². The van der Waals surface area contributed by atoms with Gasteiger partial charge in [-0.05, 0) is 61.1 Å². The van der Waals surface area contributed by atoms with Gasteiger partial charge >= 0.3 is 0 Å². The highest BCUT2D eigenvalue weighted by Crippen LogP contribution is 2.25. The Bertz CT molecular complexity index is 1180. The van der Waals surface area contributed by atoms with E-state index in [0.717, 1.165) is 49.9 Å². The summed E-state index contributed by atoms with van der Waals surface area (Å²) in [5.74, 6) is 0.615. The van der Waals surface area contributed by atoms with Gasteiger partial charge in [0.2, 0.25) is 17.7 Å². The minimum absolute atomic E-state index is 0.128. The maximum atomic E-state index is 13.7. The lowest BCUT2D eigenvalue weighted by Gasteiger charge is -2.29. The quantitative estimate of drug-likeness (QED) is 0.530. The molecule has 1 aliphatic carbocycles. The summed E-state index contributed by atoms with van der Waals surface area (Å²) in [5.41, 5.74) is 1.86. The third-order valence-corrected chi connectivity index (χ3v) is 7.94. The monoisotopic (exact) mass is 548 g/mol. The number of fused-ring (bicyclic) bond motifs is 4. The van der Waals surface area contributed by atoms with Gasteiger partial charge in [-0.3, -0.25) is 19.3 Å². The SMILES string of the molecule is O=C1CCc2cccc(c2)Oc2cccc(c2)C[C@@H](C(=O)NC2CCCC2)NC(=O)[C@H](CCN2CCOCC2)N1. The van der Waals surface area contributed by atoms with Gasteiger partial charge in [-0.25, -0.2) is 0 Å². The summed E-state index contributed by atoms with van der Waals surface area (Å²) in [6.07, 6.45) is 5.62. The number of morpholine rings is 1. The third-order valence-electron chi connectivity index (χ3n) is 7.94. The maximum Gasteiger partial charge on any atom is 0.243 e. The molecule has 2 aromatic rings. The summed E-state index contributed by atoms with van der Waals surface area (Å²) in [6.45, 7) is 3.57. The smallest absolute Gasteiger partial charge is 0.243 e. The van der Waals surface area contributed by atoms with E-state index in [1.807, 2.05) is 48.5 Å². The molecule has 2 atom stereocenters. The van der Waals surface area contributed by atoms with E-state index >= 15 is 0 Å². The Morgan fingerprint density at radius 3 is 2.38 bits per heavy atom. The average molecular weight is 549 g/mol. The Morgan fingerprint density at radius 1 is 0.925 bits per heavy atom. The minimum Gasteiger partial charge on any atom is -0.457 e. The molecule has 3 aliphatic rings. The zero-order chi connectivity index (χ0) is 27.7. The summed E-state index contributed by atoms with van der Waals surface area (Å²) < 4.78 is 11.6. The lowest BCUT2D eigenvalue weighted by atomic mass is 10.0. The molecule has 2 fully saturated rings. The van der Waals surface area contributed by atoms with Crippen molar-refractivity contribution in [1.82, 2.24) is 20.9 Å². The summed E-state index contributed by atoms with van der Waals surface area (Å²) in [5, 5.41) is 9.11. The number of rotatable bonds is 5. The first kappa shape index (κ1) is 28.1. The van der Waals surface area contributed by atoms with Crippen LogP contribution in [0.1, 0.15) is 49.7 Å². The van der Waals surface area contributed by atoms with E-state index in [0.29, 0.717) is 50.5 Å². The number of hydrogen-bond donors (Lipinski definition) is 3. The van der Waals surface area contributed by atoms with Gasteiger partial charge < -0.3 is 25.4 Å². The van der Waals surface area contributed by atoms with Gasteiger partial charge in [0.15, 0.2) is 0 Å². The highest BCUT2D eigenvalue weighted by molar-refractivity contribution is 5.92. The summed E-state index contributed by atoms with van der Waals surface area (Å²) >= 11 is 0. The molecule has 214 valence electrons. The number of benzene rings is 2. The molecule has 9 nitrogen and oxygen atoms in total. The summed E-state index contributed by atoms with van der Waals surface area (Å²) in [7, 11) is 0. The molecular weight excluding hydrogens is 508 g/mol. The Balaban J connectivity index is 1.39. The van der Waals surface area contributed by atoms with Crippen LogP contribution >= 0.6 is 0 Å². The van der Waals surface area contributed by atoms with Crippen LogP contribution in [0.25, 0.3) is 0 Å². The predicted molar refractivity (Wildman–Crippen MR) is 151 cm³/mol. The number of aryl methyl sites for hydroxylation is 1. The highest BCUT2D eigenvalue weighted by atomic mass is 16.5. The fourth-order valence-electron chi connectivity index (χ4n) is 5.66. The molecule has 2 aromatic carbocycles. The molecule has 1 saturated carbocycles. The largest absolute Gasteiger partial charge is 0.457 e. The first-order chi connectivity index (χ1) is 19.5. The molecule has 3 amide bonds. The zero-order valence-corrected chi connectivity index (χ0v) is 23.0. The lowest BCUT2D eigenvalue weighted by Crippen LogP contribution is -2.56. The van der Waals surface area contributed by atoms with Crippen LogP contribution in [0.2, 0.25) is 0 Å². The van der Waals surface area contributed by atoms with Gasteiger partial charge in [-0.1, -0.05) is 37.1 Å². The Labute approximate surface area is 236 Å². The molecule has 5 rings (SSSR count). The number of ether oxygens (including phenoxy) is 2. The minimum atomic E-state index is -0.776. The number of carbonyl (C=O) groups excluding carboxylic acids is 3. The van der Waals surface area contributed by atoms with E-state index in [-0.39, 0.29) is 30.2 Å². The molecule has 1 saturated heterocycles. The molecule has 2 heterocycles. The molecule has 0 radical (unpaired) electrons. The zero-order valence-electron chi connectivity index (χ0n) is 23.0. The van der Waals surface area contributed by atoms with Gasteiger partial charge in [-0.15, -0.1) is 0 Å². The van der Waals surface area contributed by atoms with Crippen LogP contribution in [0.5, 0.6) is 11.5 Å². The normalized spacial score (nSPS) is 23.1. The molecule has 4 bridgehead atoms. The highest BCUT2D eigenvalue weighted by Gasteiger charge is 2.29. The molecule has 2 aliphatic heterocycles. The topological polar surface area (TPSA) is 109 Å². The van der Waals surface area contributed by atoms with E-state index in [2.05, 4.69) is 20.9 Å². The number of nitrogens with one attached hydrogen (secondary N) is 3. The van der Waals surface area contributed by atoms with Crippen LogP contribution in [0.3, 0.4) is 0 Å². The molecule has 3 N–H and O–H groups in total. The van der Waals surface area contributed by atoms with Gasteiger partial charge in [-0.2, -0.15) is 0 Å². The fraction of sp³-hybridized carbons (Fsp3) is 0.516. The van der Waals surface area contributed by atoms with Crippen molar-refractivity contribution in [3.63, 3.8) is 0 Å². The molecule has 0 spiro atoms. The predicted octanol–water partition coefficient (Wildman–Crippen LogP) is 2.72. The van der Waals surface area contributed by atoms with Crippen LogP contribution in [0, 0.1) is 0 Å². The number of amides is 3. The van der Waals surface area contributed by atoms with E-state index in [1.54, 1.807) is 0 Å². The average Bonchev–Trinajstić information content (AvgIpc) is 3.47. The van der Waals surface area contributed by atoms with Crippen LogP contribution < -0.4 is 20.7 Å². The van der Waals surface area contributed by atoms with Crippen molar-refractivity contribution >= 4 is 17.7 Å². The van der Waals surface area contributed by atoms with E-state index < -0.39 is 12.1 Å². The second-order valence-electron chi connectivity index (χ2n) is 11.0. The van der Waals surface area contributed by atoms with Gasteiger partial charge in [0, 0.05) is 38.5 Å². The number of nitrogens with zero attached hydrogens (tertiary/aromatic N) is 1.